The fraction of sp³-hybridized carbons (Fsp3) is 0.500. The molecule has 0 N–H and O–H groups in total. The third-order valence-electron chi connectivity index (χ3n) is 7.20. The van der Waals surface area contributed by atoms with Crippen LogP contribution < -0.4 is 0 Å². The van der Waals surface area contributed by atoms with Gasteiger partial charge in [0, 0.05) is 22.4 Å². The second kappa shape index (κ2) is 15.9. The van der Waals surface area contributed by atoms with Crippen molar-refractivity contribution in [3.8, 4) is 11.4 Å². The van der Waals surface area contributed by atoms with Crippen molar-refractivity contribution in [3.63, 3.8) is 0 Å². The van der Waals surface area contributed by atoms with Crippen LogP contribution in [0.3, 0.4) is 0 Å². The molecule has 1 fully saturated rings. The highest BCUT2D eigenvalue weighted by Gasteiger charge is 2.22. The van der Waals surface area contributed by atoms with E-state index in [0.29, 0.717) is 5.92 Å². The highest BCUT2D eigenvalue weighted by molar-refractivity contribution is 9.10. The van der Waals surface area contributed by atoms with Crippen molar-refractivity contribution in [2.75, 3.05) is 0 Å². The zero-order chi connectivity index (χ0) is 24.7. The van der Waals surface area contributed by atoms with Crippen LogP contribution in [0, 0.1) is 5.92 Å². The zero-order valence-corrected chi connectivity index (χ0v) is 23.3. The molecule has 0 amide bonds. The number of rotatable bonds is 10. The van der Waals surface area contributed by atoms with Gasteiger partial charge in [-0.3, -0.25) is 0 Å². The fourth-order valence-corrected chi connectivity index (χ4v) is 5.47. The van der Waals surface area contributed by atoms with E-state index in [1.165, 1.54) is 92.6 Å². The minimum Gasteiger partial charge on any atom is -0.236 e. The van der Waals surface area contributed by atoms with E-state index in [2.05, 4.69) is 88.5 Å². The highest BCUT2D eigenvalue weighted by atomic mass is 79.9. The van der Waals surface area contributed by atoms with Crippen LogP contribution in [0.15, 0.2) is 71.5 Å². The molecule has 0 saturated heterocycles. The third-order valence-corrected chi connectivity index (χ3v) is 7.69. The van der Waals surface area contributed by atoms with Crippen LogP contribution in [-0.2, 0) is 6.42 Å². The van der Waals surface area contributed by atoms with Gasteiger partial charge in [0.1, 0.15) is 0 Å². The minimum atomic E-state index is 0.669. The molecular formula is C32H43BrN2. The van der Waals surface area contributed by atoms with Crippen LogP contribution in [0.25, 0.3) is 11.4 Å². The minimum absolute atomic E-state index is 0.669. The molecular weight excluding hydrogens is 492 g/mol. The first-order chi connectivity index (χ1) is 17.2. The number of benzene rings is 2. The normalized spacial score (nSPS) is 17.5. The number of hydrogen-bond donors (Lipinski definition) is 0. The summed E-state index contributed by atoms with van der Waals surface area (Å²) in [6.45, 7) is 4.52. The van der Waals surface area contributed by atoms with Gasteiger partial charge in [-0.05, 0) is 73.6 Å². The quantitative estimate of drug-likeness (QED) is 0.241. The van der Waals surface area contributed by atoms with Gasteiger partial charge in [-0.25, -0.2) is 9.97 Å². The van der Waals surface area contributed by atoms with Crippen molar-refractivity contribution in [2.45, 2.75) is 96.8 Å². The summed E-state index contributed by atoms with van der Waals surface area (Å²) in [6.07, 6.45) is 20.2. The van der Waals surface area contributed by atoms with Gasteiger partial charge >= 0.3 is 0 Å². The SMILES string of the molecule is CCCCCC1CCC(c2cnc(-c3ccccc3)nc2)CC1.CCCCCc1cccc(Br)c1. The predicted molar refractivity (Wildman–Crippen MR) is 154 cm³/mol. The lowest BCUT2D eigenvalue weighted by atomic mass is 9.77. The van der Waals surface area contributed by atoms with Crippen molar-refractivity contribution in [3.05, 3.63) is 82.6 Å². The van der Waals surface area contributed by atoms with Crippen LogP contribution >= 0.6 is 15.9 Å². The molecule has 0 radical (unpaired) electrons. The maximum atomic E-state index is 4.59. The molecule has 3 heteroatoms. The van der Waals surface area contributed by atoms with Gasteiger partial charge in [-0.15, -0.1) is 0 Å². The van der Waals surface area contributed by atoms with Crippen LogP contribution in [0.1, 0.15) is 102 Å². The summed E-state index contributed by atoms with van der Waals surface area (Å²) >= 11 is 3.47. The van der Waals surface area contributed by atoms with Gasteiger partial charge in [-0.1, -0.05) is 111 Å². The topological polar surface area (TPSA) is 25.8 Å². The van der Waals surface area contributed by atoms with E-state index in [1.54, 1.807) is 0 Å². The Bertz CT molecular complexity index is 947. The lowest BCUT2D eigenvalue weighted by molar-refractivity contribution is 0.302. The highest BCUT2D eigenvalue weighted by Crippen LogP contribution is 2.37. The molecule has 1 aliphatic carbocycles. The van der Waals surface area contributed by atoms with Crippen LogP contribution in [0.2, 0.25) is 0 Å². The number of unbranched alkanes of at least 4 members (excludes halogenated alkanes) is 4. The third kappa shape index (κ3) is 9.88. The Morgan fingerprint density at radius 1 is 0.771 bits per heavy atom. The second-order valence-electron chi connectivity index (χ2n) is 10.0. The molecule has 1 aromatic heterocycles. The van der Waals surface area contributed by atoms with Crippen LogP contribution in [-0.4, -0.2) is 9.97 Å². The van der Waals surface area contributed by atoms with E-state index in [1.807, 2.05) is 18.2 Å². The monoisotopic (exact) mass is 534 g/mol. The molecule has 0 spiro atoms. The van der Waals surface area contributed by atoms with Crippen molar-refractivity contribution in [2.24, 2.45) is 5.92 Å². The molecule has 1 heterocycles. The number of aromatic nitrogens is 2. The molecule has 3 aromatic rings. The van der Waals surface area contributed by atoms with E-state index >= 15 is 0 Å². The summed E-state index contributed by atoms with van der Waals surface area (Å²) in [7, 11) is 0. The summed E-state index contributed by atoms with van der Waals surface area (Å²) in [6, 6.07) is 18.8. The summed E-state index contributed by atoms with van der Waals surface area (Å²) in [5, 5.41) is 0. The number of nitrogens with zero attached hydrogens (tertiary/aromatic N) is 2. The zero-order valence-electron chi connectivity index (χ0n) is 21.8. The smallest absolute Gasteiger partial charge is 0.159 e. The van der Waals surface area contributed by atoms with Crippen molar-refractivity contribution in [1.82, 2.24) is 9.97 Å². The predicted octanol–water partition coefficient (Wildman–Crippen LogP) is 10.2. The molecule has 35 heavy (non-hydrogen) atoms. The maximum absolute atomic E-state index is 4.59. The molecule has 0 atom stereocenters. The first-order valence-corrected chi connectivity index (χ1v) is 14.6. The molecule has 188 valence electrons. The Kier molecular flexibility index (Phi) is 12.5. The van der Waals surface area contributed by atoms with E-state index in [-0.39, 0.29) is 0 Å². The molecule has 2 aromatic carbocycles. The number of aryl methyl sites for hydroxylation is 1. The van der Waals surface area contributed by atoms with Gasteiger partial charge in [0.05, 0.1) is 0 Å². The van der Waals surface area contributed by atoms with Gasteiger partial charge in [0.25, 0.3) is 0 Å². The van der Waals surface area contributed by atoms with Crippen LogP contribution in [0.5, 0.6) is 0 Å². The van der Waals surface area contributed by atoms with Gasteiger partial charge in [-0.2, -0.15) is 0 Å². The first-order valence-electron chi connectivity index (χ1n) is 13.8. The standard InChI is InChI=1S/C21H28N2.C11H15Br/c1-2-3-5-8-17-11-13-18(14-12-17)20-15-22-21(23-16-20)19-9-6-4-7-10-19;1-2-3-4-6-10-7-5-8-11(12)9-10/h4,6-7,9-10,15-18H,2-3,5,8,11-14H2,1H3;5,7-9H,2-4,6H2,1H3. The average molecular weight is 536 g/mol. The first kappa shape index (κ1) is 27.6. The largest absolute Gasteiger partial charge is 0.236 e. The van der Waals surface area contributed by atoms with Gasteiger partial charge in [0.15, 0.2) is 5.82 Å². The lowest BCUT2D eigenvalue weighted by Crippen LogP contribution is -2.13. The Labute approximate surface area is 222 Å². The van der Waals surface area contributed by atoms with Crippen LogP contribution in [0.4, 0.5) is 0 Å². The Morgan fingerprint density at radius 3 is 2.11 bits per heavy atom. The van der Waals surface area contributed by atoms with Gasteiger partial charge < -0.3 is 0 Å². The summed E-state index contributed by atoms with van der Waals surface area (Å²) in [5.41, 5.74) is 3.87. The van der Waals surface area contributed by atoms with Gasteiger partial charge in [0.2, 0.25) is 0 Å². The average Bonchev–Trinajstić information content (AvgIpc) is 2.91. The summed E-state index contributed by atoms with van der Waals surface area (Å²) < 4.78 is 1.19. The second-order valence-corrected chi connectivity index (χ2v) is 10.9. The molecule has 4 rings (SSSR count). The van der Waals surface area contributed by atoms with Crippen molar-refractivity contribution in [1.29, 1.82) is 0 Å². The Morgan fingerprint density at radius 2 is 1.46 bits per heavy atom. The van der Waals surface area contributed by atoms with E-state index in [4.69, 9.17) is 0 Å². The summed E-state index contributed by atoms with van der Waals surface area (Å²) in [4.78, 5) is 9.19. The maximum Gasteiger partial charge on any atom is 0.159 e. The van der Waals surface area contributed by atoms with E-state index in [0.717, 1.165) is 17.3 Å². The van der Waals surface area contributed by atoms with E-state index < -0.39 is 0 Å². The molecule has 0 unspecified atom stereocenters. The molecule has 1 saturated carbocycles. The molecule has 2 nitrogen and oxygen atoms in total. The molecule has 0 aliphatic heterocycles. The number of hydrogen-bond acceptors (Lipinski definition) is 2. The van der Waals surface area contributed by atoms with E-state index in [9.17, 15) is 0 Å². The number of halogens is 1. The lowest BCUT2D eigenvalue weighted by Gasteiger charge is -2.28. The summed E-state index contributed by atoms with van der Waals surface area (Å²) in [5.74, 6) is 2.46. The fourth-order valence-electron chi connectivity index (χ4n) is 5.02. The van der Waals surface area contributed by atoms with Crippen molar-refractivity contribution >= 4 is 15.9 Å². The molecule has 0 bridgehead atoms. The molecule has 1 aliphatic rings. The Hall–Kier alpha value is -2.00. The Balaban J connectivity index is 0.000000241. The van der Waals surface area contributed by atoms with Crippen molar-refractivity contribution < 1.29 is 0 Å².